The molecule has 1 aliphatic rings. The first-order valence-corrected chi connectivity index (χ1v) is 16.2. The number of hydrogen-bond donors (Lipinski definition) is 3. The van der Waals surface area contributed by atoms with Crippen LogP contribution in [0.3, 0.4) is 0 Å². The number of carboxylic acid groups (broad SMARTS) is 1. The molecular formula is C36H45N5O8. The Morgan fingerprint density at radius 1 is 1.06 bits per heavy atom. The molecule has 0 aromatic heterocycles. The molecule has 1 aliphatic heterocycles. The number of hydrogen-bond acceptors (Lipinski definition) is 8. The summed E-state index contributed by atoms with van der Waals surface area (Å²) in [5.41, 5.74) is 6.53. The zero-order valence-corrected chi connectivity index (χ0v) is 28.8. The molecule has 13 heteroatoms. The Kier molecular flexibility index (Phi) is 11.5. The van der Waals surface area contributed by atoms with Gasteiger partial charge in [0.05, 0.1) is 37.1 Å². The van der Waals surface area contributed by atoms with Gasteiger partial charge in [-0.2, -0.15) is 0 Å². The number of methoxy groups -OCH3 is 1. The Morgan fingerprint density at radius 3 is 2.39 bits per heavy atom. The number of anilines is 2. The molecule has 4 N–H and O–H groups in total. The second-order valence-corrected chi connectivity index (χ2v) is 13.0. The van der Waals surface area contributed by atoms with Crippen LogP contribution in [-0.4, -0.2) is 84.7 Å². The third-order valence-corrected chi connectivity index (χ3v) is 8.37. The van der Waals surface area contributed by atoms with Crippen LogP contribution < -0.4 is 25.6 Å². The Morgan fingerprint density at radius 2 is 1.76 bits per heavy atom. The van der Waals surface area contributed by atoms with Crippen LogP contribution in [0.4, 0.5) is 16.2 Å². The van der Waals surface area contributed by atoms with Crippen molar-refractivity contribution in [3.8, 4) is 5.75 Å². The van der Waals surface area contributed by atoms with E-state index in [2.05, 4.69) is 5.32 Å². The van der Waals surface area contributed by atoms with Gasteiger partial charge in [-0.15, -0.1) is 0 Å². The molecule has 0 saturated heterocycles. The van der Waals surface area contributed by atoms with Crippen LogP contribution in [0.25, 0.3) is 10.8 Å². The summed E-state index contributed by atoms with van der Waals surface area (Å²) in [6.07, 6.45) is 0.667. The van der Waals surface area contributed by atoms with Crippen LogP contribution in [0.1, 0.15) is 62.9 Å². The number of benzene rings is 3. The van der Waals surface area contributed by atoms with Gasteiger partial charge in [-0.05, 0) is 88.2 Å². The van der Waals surface area contributed by atoms with Crippen molar-refractivity contribution in [1.29, 1.82) is 0 Å². The second kappa shape index (κ2) is 15.4. The number of likely N-dealkylation sites (N-methyl/N-ethyl adjacent to an activating group) is 1. The van der Waals surface area contributed by atoms with Crippen LogP contribution in [0.5, 0.6) is 5.75 Å². The van der Waals surface area contributed by atoms with Crippen molar-refractivity contribution < 1.29 is 38.6 Å². The molecule has 0 aliphatic carbocycles. The lowest BCUT2D eigenvalue weighted by Gasteiger charge is -2.30. The highest BCUT2D eigenvalue weighted by Crippen LogP contribution is 2.37. The predicted octanol–water partition coefficient (Wildman–Crippen LogP) is 4.30. The van der Waals surface area contributed by atoms with Crippen molar-refractivity contribution in [2.45, 2.75) is 71.2 Å². The number of unbranched alkanes of at least 4 members (excludes halogenated alkanes) is 1. The monoisotopic (exact) mass is 675 g/mol. The number of carbonyl (C=O) groups excluding carboxylic acids is 4. The van der Waals surface area contributed by atoms with Gasteiger partial charge in [-0.3, -0.25) is 19.3 Å². The SMILES string of the molecule is COc1ccc2cc(C(=O)O)ccc2c1CN1C(=O)[C@@H](NC(=O)C(C)N(C)C(=O)OC(C)(C)C)CN(C(=O)CCCCN)c2ccccc21. The number of ether oxygens (including phenoxy) is 2. The number of carbonyl (C=O) groups is 5. The smallest absolute Gasteiger partial charge is 0.410 e. The standard InChI is InChI=1S/C36H45N5O8/c1-22(39(5)35(47)49-36(2,3)4)32(43)38-27-21-40(31(42)13-9-10-18-37)28-11-7-8-12-29(28)41(33(27)44)20-26-25-16-14-24(34(45)46)19-23(25)15-17-30(26)48-6/h7-8,11-12,14-17,19,22,27H,9-10,13,18,20-21,37H2,1-6H3,(H,38,43)(H,45,46)/t22?,27-/m0/s1. The predicted molar refractivity (Wildman–Crippen MR) is 186 cm³/mol. The minimum atomic E-state index is -1.20. The van der Waals surface area contributed by atoms with Crippen LogP contribution in [-0.2, 0) is 25.7 Å². The van der Waals surface area contributed by atoms with E-state index < -0.39 is 41.6 Å². The number of para-hydroxylation sites is 2. The molecule has 3 aromatic rings. The van der Waals surface area contributed by atoms with E-state index in [1.54, 1.807) is 69.3 Å². The maximum absolute atomic E-state index is 14.6. The molecule has 4 rings (SSSR count). The molecular weight excluding hydrogens is 630 g/mol. The summed E-state index contributed by atoms with van der Waals surface area (Å²) in [5, 5.41) is 13.7. The topological polar surface area (TPSA) is 172 Å². The third-order valence-electron chi connectivity index (χ3n) is 8.37. The summed E-state index contributed by atoms with van der Waals surface area (Å²) in [6.45, 7) is 6.92. The van der Waals surface area contributed by atoms with Gasteiger partial charge in [-0.25, -0.2) is 9.59 Å². The summed E-state index contributed by atoms with van der Waals surface area (Å²) < 4.78 is 11.1. The quantitative estimate of drug-likeness (QED) is 0.251. The van der Waals surface area contributed by atoms with Crippen LogP contribution >= 0.6 is 0 Å². The van der Waals surface area contributed by atoms with Crippen LogP contribution in [0.15, 0.2) is 54.6 Å². The van der Waals surface area contributed by atoms with Crippen molar-refractivity contribution in [2.24, 2.45) is 5.73 Å². The first-order chi connectivity index (χ1) is 23.2. The van der Waals surface area contributed by atoms with Crippen molar-refractivity contribution in [2.75, 3.05) is 37.0 Å². The summed E-state index contributed by atoms with van der Waals surface area (Å²) in [7, 11) is 2.94. The highest BCUT2D eigenvalue weighted by Gasteiger charge is 2.38. The van der Waals surface area contributed by atoms with Gasteiger partial charge < -0.3 is 35.4 Å². The fourth-order valence-electron chi connectivity index (χ4n) is 5.63. The van der Waals surface area contributed by atoms with Crippen molar-refractivity contribution in [3.05, 3.63) is 65.7 Å². The number of aromatic carboxylic acids is 1. The molecule has 1 heterocycles. The van der Waals surface area contributed by atoms with Crippen molar-refractivity contribution >= 4 is 51.9 Å². The number of rotatable bonds is 11. The molecule has 3 aromatic carbocycles. The number of amides is 4. The molecule has 262 valence electrons. The van der Waals surface area contributed by atoms with Gasteiger partial charge in [0.1, 0.15) is 23.4 Å². The van der Waals surface area contributed by atoms with Gasteiger partial charge in [-0.1, -0.05) is 24.3 Å². The minimum absolute atomic E-state index is 0.0300. The fourth-order valence-corrected chi connectivity index (χ4v) is 5.63. The Bertz CT molecular complexity index is 1740. The fraction of sp³-hybridized carbons (Fsp3) is 0.417. The van der Waals surface area contributed by atoms with Crippen LogP contribution in [0, 0.1) is 0 Å². The average molecular weight is 676 g/mol. The van der Waals surface area contributed by atoms with E-state index in [0.29, 0.717) is 52.8 Å². The molecule has 13 nitrogen and oxygen atoms in total. The minimum Gasteiger partial charge on any atom is -0.496 e. The van der Waals surface area contributed by atoms with Gasteiger partial charge in [0, 0.05) is 19.0 Å². The molecule has 2 atom stereocenters. The summed E-state index contributed by atoms with van der Waals surface area (Å²) in [4.78, 5) is 70.6. The lowest BCUT2D eigenvalue weighted by atomic mass is 10.00. The first-order valence-electron chi connectivity index (χ1n) is 16.2. The number of nitrogens with two attached hydrogens (primary N) is 1. The lowest BCUT2D eigenvalue weighted by Crippen LogP contribution is -2.57. The van der Waals surface area contributed by atoms with E-state index in [4.69, 9.17) is 15.2 Å². The summed E-state index contributed by atoms with van der Waals surface area (Å²) in [6, 6.07) is 12.9. The van der Waals surface area contributed by atoms with Crippen molar-refractivity contribution in [1.82, 2.24) is 10.2 Å². The molecule has 0 radical (unpaired) electrons. The zero-order valence-electron chi connectivity index (χ0n) is 28.8. The van der Waals surface area contributed by atoms with E-state index in [1.165, 1.54) is 36.9 Å². The van der Waals surface area contributed by atoms with E-state index in [1.807, 2.05) is 0 Å². The molecule has 0 bridgehead atoms. The van der Waals surface area contributed by atoms with Crippen LogP contribution in [0.2, 0.25) is 0 Å². The molecule has 0 saturated carbocycles. The Labute approximate surface area is 285 Å². The average Bonchev–Trinajstić information content (AvgIpc) is 3.17. The Balaban J connectivity index is 1.78. The number of nitrogens with one attached hydrogen (secondary N) is 1. The lowest BCUT2D eigenvalue weighted by molar-refractivity contribution is -0.130. The van der Waals surface area contributed by atoms with Gasteiger partial charge in [0.2, 0.25) is 11.8 Å². The largest absolute Gasteiger partial charge is 0.496 e. The number of nitrogens with zero attached hydrogens (tertiary/aromatic N) is 3. The Hall–Kier alpha value is -5.17. The van der Waals surface area contributed by atoms with Crippen molar-refractivity contribution in [3.63, 3.8) is 0 Å². The van der Waals surface area contributed by atoms with E-state index in [0.717, 1.165) is 4.90 Å². The van der Waals surface area contributed by atoms with E-state index in [9.17, 15) is 29.1 Å². The van der Waals surface area contributed by atoms with E-state index in [-0.39, 0.29) is 31.0 Å². The van der Waals surface area contributed by atoms with Gasteiger partial charge in [0.15, 0.2) is 0 Å². The molecule has 0 fully saturated rings. The molecule has 4 amide bonds. The summed E-state index contributed by atoms with van der Waals surface area (Å²) in [5.74, 6) is -1.95. The number of carboxylic acids is 1. The van der Waals surface area contributed by atoms with Gasteiger partial charge in [0.25, 0.3) is 5.91 Å². The summed E-state index contributed by atoms with van der Waals surface area (Å²) >= 11 is 0. The zero-order chi connectivity index (χ0) is 36.0. The maximum atomic E-state index is 14.6. The molecule has 0 spiro atoms. The first kappa shape index (κ1) is 36.7. The second-order valence-electron chi connectivity index (χ2n) is 13.0. The third kappa shape index (κ3) is 8.47. The molecule has 49 heavy (non-hydrogen) atoms. The number of fused-ring (bicyclic) bond motifs is 2. The van der Waals surface area contributed by atoms with E-state index >= 15 is 0 Å². The maximum Gasteiger partial charge on any atom is 0.410 e. The normalized spacial score (nSPS) is 15.2. The molecule has 1 unspecified atom stereocenters. The highest BCUT2D eigenvalue weighted by atomic mass is 16.6. The van der Waals surface area contributed by atoms with Gasteiger partial charge >= 0.3 is 12.1 Å². The highest BCUT2D eigenvalue weighted by molar-refractivity contribution is 6.08.